The smallest absolute Gasteiger partial charge is 0.162 e. The molecule has 1 N–H and O–H groups in total. The maximum absolute atomic E-state index is 4.32. The average Bonchev–Trinajstić information content (AvgIpc) is 3.18. The molecule has 1 aliphatic rings. The van der Waals surface area contributed by atoms with Gasteiger partial charge in [-0.2, -0.15) is 4.80 Å². The molecule has 5 nitrogen and oxygen atoms in total. The van der Waals surface area contributed by atoms with Crippen LogP contribution in [0.2, 0.25) is 0 Å². The van der Waals surface area contributed by atoms with Gasteiger partial charge in [0.05, 0.1) is 0 Å². The number of hydrogen-bond acceptors (Lipinski definition) is 4. The fraction of sp³-hybridized carbons (Fsp3) is 0.316. The monoisotopic (exact) mass is 319 g/mol. The summed E-state index contributed by atoms with van der Waals surface area (Å²) in [6.07, 6.45) is 3.89. The highest BCUT2D eigenvalue weighted by Gasteiger charge is 2.28. The first-order valence-electron chi connectivity index (χ1n) is 8.50. The zero-order valence-corrected chi connectivity index (χ0v) is 13.5. The third-order valence-corrected chi connectivity index (χ3v) is 4.75. The Labute approximate surface area is 141 Å². The SMILES string of the molecule is c1ccc(-c2ccc([C@@H]([C@H]3CCCNC3)n3ncnn3)cc2)cc1. The van der Waals surface area contributed by atoms with E-state index < -0.39 is 0 Å². The van der Waals surface area contributed by atoms with E-state index in [0.717, 1.165) is 13.1 Å². The summed E-state index contributed by atoms with van der Waals surface area (Å²) in [6, 6.07) is 19.3. The second kappa shape index (κ2) is 6.93. The van der Waals surface area contributed by atoms with E-state index in [2.05, 4.69) is 69.3 Å². The van der Waals surface area contributed by atoms with Crippen molar-refractivity contribution in [2.24, 2.45) is 5.92 Å². The molecule has 1 saturated heterocycles. The van der Waals surface area contributed by atoms with Crippen LogP contribution in [0, 0.1) is 5.92 Å². The lowest BCUT2D eigenvalue weighted by Crippen LogP contribution is -2.36. The molecule has 0 bridgehead atoms. The minimum absolute atomic E-state index is 0.130. The lowest BCUT2D eigenvalue weighted by molar-refractivity contribution is 0.261. The van der Waals surface area contributed by atoms with Gasteiger partial charge in [-0.1, -0.05) is 54.6 Å². The standard InChI is InChI=1S/C19H21N5/c1-2-5-15(6-3-1)16-8-10-17(11-9-16)19(24-22-14-21-23-24)18-7-4-12-20-13-18/h1-3,5-6,8-11,14,18-20H,4,7,12-13H2/t18-,19-/m0/s1. The molecule has 0 unspecified atom stereocenters. The highest BCUT2D eigenvalue weighted by Crippen LogP contribution is 2.31. The van der Waals surface area contributed by atoms with Gasteiger partial charge in [-0.25, -0.2) is 0 Å². The molecule has 5 heteroatoms. The fourth-order valence-electron chi connectivity index (χ4n) is 3.55. The van der Waals surface area contributed by atoms with Crippen LogP contribution in [0.25, 0.3) is 11.1 Å². The second-order valence-corrected chi connectivity index (χ2v) is 6.30. The lowest BCUT2D eigenvalue weighted by Gasteiger charge is -2.30. The summed E-state index contributed by atoms with van der Waals surface area (Å²) in [5, 5.41) is 15.9. The zero-order valence-electron chi connectivity index (χ0n) is 13.5. The molecule has 2 aromatic carbocycles. The van der Waals surface area contributed by atoms with Gasteiger partial charge in [-0.05, 0) is 47.2 Å². The van der Waals surface area contributed by atoms with Crippen LogP contribution in [0.3, 0.4) is 0 Å². The summed E-state index contributed by atoms with van der Waals surface area (Å²) < 4.78 is 0. The first-order chi connectivity index (χ1) is 11.9. The maximum Gasteiger partial charge on any atom is 0.162 e. The largest absolute Gasteiger partial charge is 0.316 e. The maximum atomic E-state index is 4.32. The summed E-state index contributed by atoms with van der Waals surface area (Å²) in [6.45, 7) is 2.09. The Kier molecular flexibility index (Phi) is 4.34. The van der Waals surface area contributed by atoms with Crippen molar-refractivity contribution in [2.75, 3.05) is 13.1 Å². The molecule has 0 amide bonds. The minimum atomic E-state index is 0.130. The molecule has 0 saturated carbocycles. The summed E-state index contributed by atoms with van der Waals surface area (Å²) in [4.78, 5) is 1.76. The Bertz CT molecular complexity index is 746. The van der Waals surface area contributed by atoms with Crippen molar-refractivity contribution in [3.63, 3.8) is 0 Å². The van der Waals surface area contributed by atoms with Crippen molar-refractivity contribution in [3.8, 4) is 11.1 Å². The number of rotatable bonds is 4. The normalized spacial score (nSPS) is 19.1. The van der Waals surface area contributed by atoms with Crippen LogP contribution < -0.4 is 5.32 Å². The fourth-order valence-corrected chi connectivity index (χ4v) is 3.55. The molecule has 1 aliphatic heterocycles. The number of tetrazole rings is 1. The quantitative estimate of drug-likeness (QED) is 0.803. The topological polar surface area (TPSA) is 55.6 Å². The molecule has 0 aliphatic carbocycles. The number of piperidine rings is 1. The van der Waals surface area contributed by atoms with Gasteiger partial charge in [0.1, 0.15) is 6.04 Å². The third kappa shape index (κ3) is 3.08. The van der Waals surface area contributed by atoms with Crippen molar-refractivity contribution in [2.45, 2.75) is 18.9 Å². The Morgan fingerprint density at radius 2 is 1.79 bits per heavy atom. The molecule has 4 rings (SSSR count). The van der Waals surface area contributed by atoms with Gasteiger partial charge in [-0.15, -0.1) is 10.2 Å². The van der Waals surface area contributed by atoms with E-state index in [0.29, 0.717) is 5.92 Å². The van der Waals surface area contributed by atoms with E-state index in [1.807, 2.05) is 6.07 Å². The van der Waals surface area contributed by atoms with Crippen LogP contribution in [0.4, 0.5) is 0 Å². The van der Waals surface area contributed by atoms with Crippen molar-refractivity contribution < 1.29 is 0 Å². The summed E-state index contributed by atoms with van der Waals surface area (Å²) in [5.74, 6) is 0.482. The van der Waals surface area contributed by atoms with Crippen LogP contribution in [0.1, 0.15) is 24.4 Å². The van der Waals surface area contributed by atoms with Gasteiger partial charge in [0.25, 0.3) is 0 Å². The van der Waals surface area contributed by atoms with Crippen molar-refractivity contribution in [3.05, 3.63) is 66.5 Å². The van der Waals surface area contributed by atoms with E-state index in [-0.39, 0.29) is 6.04 Å². The molecule has 24 heavy (non-hydrogen) atoms. The Hall–Kier alpha value is -2.53. The molecule has 2 atom stereocenters. The number of benzene rings is 2. The van der Waals surface area contributed by atoms with E-state index in [1.165, 1.54) is 35.9 Å². The molecule has 2 heterocycles. The van der Waals surface area contributed by atoms with Crippen molar-refractivity contribution in [1.82, 2.24) is 25.5 Å². The van der Waals surface area contributed by atoms with E-state index in [1.54, 1.807) is 4.80 Å². The molecule has 1 fully saturated rings. The van der Waals surface area contributed by atoms with Crippen LogP contribution >= 0.6 is 0 Å². The molecule has 3 aromatic rings. The van der Waals surface area contributed by atoms with Crippen LogP contribution in [-0.4, -0.2) is 33.3 Å². The van der Waals surface area contributed by atoms with E-state index in [9.17, 15) is 0 Å². The highest BCUT2D eigenvalue weighted by atomic mass is 15.6. The Morgan fingerprint density at radius 3 is 2.46 bits per heavy atom. The van der Waals surface area contributed by atoms with Gasteiger partial charge in [-0.3, -0.25) is 0 Å². The van der Waals surface area contributed by atoms with Gasteiger partial charge < -0.3 is 5.32 Å². The highest BCUT2D eigenvalue weighted by molar-refractivity contribution is 5.63. The summed E-state index contributed by atoms with van der Waals surface area (Å²) in [5.41, 5.74) is 3.70. The zero-order chi connectivity index (χ0) is 16.2. The molecule has 0 radical (unpaired) electrons. The second-order valence-electron chi connectivity index (χ2n) is 6.30. The van der Waals surface area contributed by atoms with E-state index >= 15 is 0 Å². The number of hydrogen-bond donors (Lipinski definition) is 1. The molecule has 122 valence electrons. The number of nitrogens with zero attached hydrogens (tertiary/aromatic N) is 4. The molecular formula is C19H21N5. The minimum Gasteiger partial charge on any atom is -0.316 e. The predicted molar refractivity (Wildman–Crippen MR) is 93.4 cm³/mol. The van der Waals surface area contributed by atoms with Gasteiger partial charge >= 0.3 is 0 Å². The molecule has 0 spiro atoms. The summed E-state index contributed by atoms with van der Waals surface area (Å²) in [7, 11) is 0. The van der Waals surface area contributed by atoms with E-state index in [4.69, 9.17) is 0 Å². The van der Waals surface area contributed by atoms with Crippen molar-refractivity contribution >= 4 is 0 Å². The predicted octanol–water partition coefficient (Wildman–Crippen LogP) is 2.93. The van der Waals surface area contributed by atoms with Gasteiger partial charge in [0.2, 0.25) is 0 Å². The van der Waals surface area contributed by atoms with Crippen LogP contribution in [0.15, 0.2) is 60.9 Å². The lowest BCUT2D eigenvalue weighted by atomic mass is 9.87. The number of nitrogens with one attached hydrogen (secondary N) is 1. The Balaban J connectivity index is 1.65. The Morgan fingerprint density at radius 1 is 1.00 bits per heavy atom. The van der Waals surface area contributed by atoms with Crippen molar-refractivity contribution in [1.29, 1.82) is 0 Å². The number of aromatic nitrogens is 4. The van der Waals surface area contributed by atoms with Gasteiger partial charge in [0.15, 0.2) is 6.33 Å². The first-order valence-corrected chi connectivity index (χ1v) is 8.50. The average molecular weight is 319 g/mol. The summed E-state index contributed by atoms with van der Waals surface area (Å²) >= 11 is 0. The third-order valence-electron chi connectivity index (χ3n) is 4.75. The molecular weight excluding hydrogens is 298 g/mol. The first kappa shape index (κ1) is 15.0. The van der Waals surface area contributed by atoms with Gasteiger partial charge in [0, 0.05) is 6.54 Å². The molecule has 1 aromatic heterocycles. The van der Waals surface area contributed by atoms with Crippen LogP contribution in [0.5, 0.6) is 0 Å². The van der Waals surface area contributed by atoms with Crippen LogP contribution in [-0.2, 0) is 0 Å².